The molecule has 0 aromatic carbocycles. The molecule has 1 aliphatic rings. The van der Waals surface area contributed by atoms with Gasteiger partial charge in [0.05, 0.1) is 18.8 Å². The minimum absolute atomic E-state index is 0.155. The molecular weight excluding hydrogens is 256 g/mol. The molecule has 0 saturated carbocycles. The Morgan fingerprint density at radius 3 is 2.85 bits per heavy atom. The van der Waals surface area contributed by atoms with Crippen LogP contribution < -0.4 is 5.32 Å². The highest BCUT2D eigenvalue weighted by Crippen LogP contribution is 2.09. The van der Waals surface area contributed by atoms with Crippen LogP contribution in [-0.2, 0) is 11.3 Å². The summed E-state index contributed by atoms with van der Waals surface area (Å²) in [7, 11) is 0. The number of nitrogens with zero attached hydrogens (tertiary/aromatic N) is 3. The Balaban J connectivity index is 1.71. The van der Waals surface area contributed by atoms with Gasteiger partial charge in [0.25, 0.3) is 0 Å². The van der Waals surface area contributed by atoms with E-state index in [0.717, 1.165) is 44.2 Å². The predicted octanol–water partition coefficient (Wildman–Crippen LogP) is 0.403. The summed E-state index contributed by atoms with van der Waals surface area (Å²) in [6.45, 7) is 10.6. The van der Waals surface area contributed by atoms with E-state index in [1.165, 1.54) is 0 Å². The summed E-state index contributed by atoms with van der Waals surface area (Å²) < 4.78 is 5.22. The van der Waals surface area contributed by atoms with Gasteiger partial charge in [-0.25, -0.2) is 0 Å². The van der Waals surface area contributed by atoms with E-state index >= 15 is 0 Å². The van der Waals surface area contributed by atoms with E-state index in [4.69, 9.17) is 4.52 Å². The molecule has 2 rings (SSSR count). The number of carbonyl (C=O) groups is 1. The molecule has 0 bridgehead atoms. The van der Waals surface area contributed by atoms with Gasteiger partial charge in [-0.05, 0) is 6.92 Å². The lowest BCUT2D eigenvalue weighted by atomic mass is 10.3. The van der Waals surface area contributed by atoms with Gasteiger partial charge in [-0.1, -0.05) is 11.2 Å². The van der Waals surface area contributed by atoms with Gasteiger partial charge in [0, 0.05) is 38.8 Å². The zero-order valence-electron chi connectivity index (χ0n) is 12.0. The molecule has 1 amide bonds. The van der Waals surface area contributed by atoms with Crippen LogP contribution in [0.3, 0.4) is 0 Å². The summed E-state index contributed by atoms with van der Waals surface area (Å²) in [5, 5.41) is 6.92. The van der Waals surface area contributed by atoms with E-state index in [2.05, 4.69) is 22.0 Å². The summed E-state index contributed by atoms with van der Waals surface area (Å²) in [5.74, 6) is 1.04. The first-order valence-corrected chi connectivity index (χ1v) is 6.93. The Kier molecular flexibility index (Phi) is 5.31. The van der Waals surface area contributed by atoms with Gasteiger partial charge in [0.2, 0.25) is 5.91 Å². The second kappa shape index (κ2) is 7.21. The molecule has 0 radical (unpaired) electrons. The van der Waals surface area contributed by atoms with Crippen molar-refractivity contribution in [3.63, 3.8) is 0 Å². The third-order valence-corrected chi connectivity index (χ3v) is 3.35. The van der Waals surface area contributed by atoms with Crippen LogP contribution in [0, 0.1) is 6.92 Å². The summed E-state index contributed by atoms with van der Waals surface area (Å²) >= 11 is 0. The van der Waals surface area contributed by atoms with E-state index in [0.29, 0.717) is 13.1 Å². The van der Waals surface area contributed by atoms with Crippen molar-refractivity contribution in [1.29, 1.82) is 0 Å². The van der Waals surface area contributed by atoms with Gasteiger partial charge in [0.15, 0.2) is 5.76 Å². The Bertz CT molecular complexity index is 450. The average molecular weight is 278 g/mol. The highest BCUT2D eigenvalue weighted by Gasteiger charge is 2.21. The molecule has 6 nitrogen and oxygen atoms in total. The molecule has 20 heavy (non-hydrogen) atoms. The standard InChI is InChI=1S/C14H22N4O2/c1-3-4-15-10-14(19)18-7-5-17(6-8-18)11-13-9-12(2)16-20-13/h3,9,15H,1,4-8,10-11H2,2H3. The fourth-order valence-corrected chi connectivity index (χ4v) is 2.26. The topological polar surface area (TPSA) is 61.6 Å². The number of hydrogen-bond donors (Lipinski definition) is 1. The maximum atomic E-state index is 11.9. The summed E-state index contributed by atoms with van der Waals surface area (Å²) in [6.07, 6.45) is 1.75. The van der Waals surface area contributed by atoms with E-state index in [1.807, 2.05) is 17.9 Å². The lowest BCUT2D eigenvalue weighted by Gasteiger charge is -2.34. The molecule has 1 N–H and O–H groups in total. The highest BCUT2D eigenvalue weighted by atomic mass is 16.5. The second-order valence-corrected chi connectivity index (χ2v) is 5.01. The molecule has 0 unspecified atom stereocenters. The quantitative estimate of drug-likeness (QED) is 0.603. The summed E-state index contributed by atoms with van der Waals surface area (Å²) in [4.78, 5) is 16.1. The van der Waals surface area contributed by atoms with Gasteiger partial charge in [-0.3, -0.25) is 9.69 Å². The number of piperazine rings is 1. The zero-order chi connectivity index (χ0) is 14.4. The minimum Gasteiger partial charge on any atom is -0.360 e. The van der Waals surface area contributed by atoms with E-state index in [1.54, 1.807) is 6.08 Å². The van der Waals surface area contributed by atoms with Crippen molar-refractivity contribution in [2.75, 3.05) is 39.3 Å². The largest absolute Gasteiger partial charge is 0.360 e. The van der Waals surface area contributed by atoms with Gasteiger partial charge in [-0.2, -0.15) is 0 Å². The zero-order valence-corrected chi connectivity index (χ0v) is 12.0. The number of amides is 1. The first-order valence-electron chi connectivity index (χ1n) is 6.93. The lowest BCUT2D eigenvalue weighted by Crippen LogP contribution is -2.50. The Morgan fingerprint density at radius 2 is 2.25 bits per heavy atom. The maximum absolute atomic E-state index is 11.9. The van der Waals surface area contributed by atoms with Crippen molar-refractivity contribution < 1.29 is 9.32 Å². The van der Waals surface area contributed by atoms with Crippen molar-refractivity contribution in [2.24, 2.45) is 0 Å². The van der Waals surface area contributed by atoms with Crippen LogP contribution in [0.4, 0.5) is 0 Å². The molecule has 0 spiro atoms. The number of rotatable bonds is 6. The maximum Gasteiger partial charge on any atom is 0.236 e. The normalized spacial score (nSPS) is 16.4. The van der Waals surface area contributed by atoms with Crippen LogP contribution in [0.1, 0.15) is 11.5 Å². The fourth-order valence-electron chi connectivity index (χ4n) is 2.26. The number of hydrogen-bond acceptors (Lipinski definition) is 5. The van der Waals surface area contributed by atoms with Gasteiger partial charge in [-0.15, -0.1) is 6.58 Å². The first kappa shape index (κ1) is 14.7. The monoisotopic (exact) mass is 278 g/mol. The molecule has 1 aromatic heterocycles. The molecule has 0 atom stereocenters. The van der Waals surface area contributed by atoms with Crippen LogP contribution >= 0.6 is 0 Å². The minimum atomic E-state index is 0.155. The number of nitrogens with one attached hydrogen (secondary N) is 1. The van der Waals surface area contributed by atoms with Crippen LogP contribution in [0.15, 0.2) is 23.2 Å². The lowest BCUT2D eigenvalue weighted by molar-refractivity contribution is -0.132. The molecular formula is C14H22N4O2. The SMILES string of the molecule is C=CCNCC(=O)N1CCN(Cc2cc(C)no2)CC1. The van der Waals surface area contributed by atoms with Crippen molar-refractivity contribution in [3.05, 3.63) is 30.2 Å². The van der Waals surface area contributed by atoms with E-state index < -0.39 is 0 Å². The summed E-state index contributed by atoms with van der Waals surface area (Å²) in [6, 6.07) is 1.96. The summed E-state index contributed by atoms with van der Waals surface area (Å²) in [5.41, 5.74) is 0.905. The van der Waals surface area contributed by atoms with Gasteiger partial charge >= 0.3 is 0 Å². The fraction of sp³-hybridized carbons (Fsp3) is 0.571. The molecule has 2 heterocycles. The molecule has 110 valence electrons. The van der Waals surface area contributed by atoms with Crippen LogP contribution in [0.5, 0.6) is 0 Å². The molecule has 1 aliphatic heterocycles. The number of aryl methyl sites for hydroxylation is 1. The Hall–Kier alpha value is -1.66. The average Bonchev–Trinajstić information content (AvgIpc) is 2.85. The van der Waals surface area contributed by atoms with E-state index in [9.17, 15) is 4.79 Å². The third-order valence-electron chi connectivity index (χ3n) is 3.35. The van der Waals surface area contributed by atoms with Crippen molar-refractivity contribution >= 4 is 5.91 Å². The first-order chi connectivity index (χ1) is 9.69. The molecule has 1 fully saturated rings. The smallest absolute Gasteiger partial charge is 0.236 e. The van der Waals surface area contributed by atoms with Crippen LogP contribution in [0.25, 0.3) is 0 Å². The highest BCUT2D eigenvalue weighted by molar-refractivity contribution is 5.78. The molecule has 1 aromatic rings. The Labute approximate surface area is 119 Å². The second-order valence-electron chi connectivity index (χ2n) is 5.01. The van der Waals surface area contributed by atoms with Gasteiger partial charge < -0.3 is 14.7 Å². The van der Waals surface area contributed by atoms with Gasteiger partial charge in [0.1, 0.15) is 0 Å². The molecule has 0 aliphatic carbocycles. The number of carbonyl (C=O) groups excluding carboxylic acids is 1. The van der Waals surface area contributed by atoms with Crippen molar-refractivity contribution in [2.45, 2.75) is 13.5 Å². The van der Waals surface area contributed by atoms with Crippen molar-refractivity contribution in [3.8, 4) is 0 Å². The van der Waals surface area contributed by atoms with Crippen LogP contribution in [0.2, 0.25) is 0 Å². The third kappa shape index (κ3) is 4.18. The molecule has 1 saturated heterocycles. The predicted molar refractivity (Wildman–Crippen MR) is 76.2 cm³/mol. The Morgan fingerprint density at radius 1 is 1.50 bits per heavy atom. The van der Waals surface area contributed by atoms with Crippen LogP contribution in [-0.4, -0.2) is 60.1 Å². The number of aromatic nitrogens is 1. The molecule has 6 heteroatoms. The van der Waals surface area contributed by atoms with Crippen molar-refractivity contribution in [1.82, 2.24) is 20.3 Å². The van der Waals surface area contributed by atoms with E-state index in [-0.39, 0.29) is 5.91 Å².